The van der Waals surface area contributed by atoms with Gasteiger partial charge in [-0.15, -0.1) is 0 Å². The molecular formula is C10H15N3O6P2. The highest BCUT2D eigenvalue weighted by Gasteiger charge is 2.26. The monoisotopic (exact) mass is 335 g/mol. The van der Waals surface area contributed by atoms with Crippen LogP contribution in [-0.4, -0.2) is 46.6 Å². The van der Waals surface area contributed by atoms with Crippen molar-refractivity contribution in [2.75, 3.05) is 12.6 Å². The third kappa shape index (κ3) is 5.01. The van der Waals surface area contributed by atoms with Crippen LogP contribution in [0.15, 0.2) is 30.6 Å². The van der Waals surface area contributed by atoms with E-state index in [0.717, 1.165) is 4.90 Å². The van der Waals surface area contributed by atoms with Gasteiger partial charge in [0.1, 0.15) is 12.6 Å². The van der Waals surface area contributed by atoms with Crippen molar-refractivity contribution in [2.45, 2.75) is 6.67 Å². The van der Waals surface area contributed by atoms with Gasteiger partial charge < -0.3 is 24.1 Å². The highest BCUT2D eigenvalue weighted by molar-refractivity contribution is 7.52. The Morgan fingerprint density at radius 1 is 1.05 bits per heavy atom. The predicted octanol–water partition coefficient (Wildman–Crippen LogP) is 0.566. The summed E-state index contributed by atoms with van der Waals surface area (Å²) in [6, 6.07) is 7.09. The number of fused-ring (bicyclic) bond motifs is 1. The van der Waals surface area contributed by atoms with E-state index in [1.54, 1.807) is 28.8 Å². The molecule has 21 heavy (non-hydrogen) atoms. The zero-order valence-corrected chi connectivity index (χ0v) is 12.6. The molecule has 0 unspecified atom stereocenters. The Balaban J connectivity index is 2.25. The zero-order chi connectivity index (χ0) is 15.7. The first kappa shape index (κ1) is 16.3. The number of aromatic nitrogens is 2. The fourth-order valence-electron chi connectivity index (χ4n) is 1.99. The van der Waals surface area contributed by atoms with E-state index in [4.69, 9.17) is 19.6 Å². The summed E-state index contributed by atoms with van der Waals surface area (Å²) in [5.41, 5.74) is 1.39. The minimum atomic E-state index is -4.44. The Labute approximate surface area is 120 Å². The van der Waals surface area contributed by atoms with Gasteiger partial charge in [-0.25, -0.2) is 4.98 Å². The van der Waals surface area contributed by atoms with Crippen LogP contribution in [0.25, 0.3) is 11.0 Å². The maximum atomic E-state index is 11.1. The normalized spacial score (nSPS) is 13.2. The lowest BCUT2D eigenvalue weighted by Gasteiger charge is -2.23. The summed E-state index contributed by atoms with van der Waals surface area (Å²) < 4.78 is 23.8. The van der Waals surface area contributed by atoms with E-state index in [9.17, 15) is 9.13 Å². The average Bonchev–Trinajstić information content (AvgIpc) is 2.68. The summed E-state index contributed by atoms with van der Waals surface area (Å²) in [6.45, 7) is -0.0866. The molecule has 1 aromatic carbocycles. The van der Waals surface area contributed by atoms with Gasteiger partial charge in [-0.3, -0.25) is 14.0 Å². The molecule has 0 saturated carbocycles. The van der Waals surface area contributed by atoms with Crippen LogP contribution < -0.4 is 0 Å². The van der Waals surface area contributed by atoms with Gasteiger partial charge in [-0.2, -0.15) is 0 Å². The number of benzene rings is 1. The van der Waals surface area contributed by atoms with Crippen molar-refractivity contribution in [1.82, 2.24) is 14.5 Å². The van der Waals surface area contributed by atoms with Gasteiger partial charge in [-0.1, -0.05) is 12.1 Å². The van der Waals surface area contributed by atoms with Crippen LogP contribution in [0.2, 0.25) is 0 Å². The second kappa shape index (κ2) is 5.98. The molecule has 1 heterocycles. The van der Waals surface area contributed by atoms with E-state index >= 15 is 0 Å². The van der Waals surface area contributed by atoms with E-state index in [-0.39, 0.29) is 6.67 Å². The van der Waals surface area contributed by atoms with Gasteiger partial charge in [0.05, 0.1) is 24.0 Å². The maximum absolute atomic E-state index is 11.1. The molecule has 0 bridgehead atoms. The Morgan fingerprint density at radius 3 is 2.19 bits per heavy atom. The van der Waals surface area contributed by atoms with E-state index in [1.807, 2.05) is 0 Å². The van der Waals surface area contributed by atoms with Crippen molar-refractivity contribution in [3.63, 3.8) is 0 Å². The average molecular weight is 335 g/mol. The molecule has 1 aromatic heterocycles. The lowest BCUT2D eigenvalue weighted by Crippen LogP contribution is -2.28. The van der Waals surface area contributed by atoms with Crippen molar-refractivity contribution in [2.24, 2.45) is 0 Å². The molecule has 0 atom stereocenters. The first-order valence-corrected chi connectivity index (χ1v) is 9.45. The fourth-order valence-corrected chi connectivity index (χ4v) is 3.57. The molecule has 11 heteroatoms. The van der Waals surface area contributed by atoms with E-state index in [2.05, 4.69) is 4.98 Å². The first-order chi connectivity index (χ1) is 9.64. The van der Waals surface area contributed by atoms with Crippen molar-refractivity contribution >= 4 is 26.2 Å². The van der Waals surface area contributed by atoms with Gasteiger partial charge in [0.25, 0.3) is 0 Å². The summed E-state index contributed by atoms with van der Waals surface area (Å²) in [5.74, 6) is 0. The minimum absolute atomic E-state index is 0.0866. The number of hydrogen-bond donors (Lipinski definition) is 4. The standard InChI is InChI=1S/C10H15N3O6P2/c14-20(15,16)7-12(8-21(17,18)19)6-13-5-11-9-3-1-2-4-10(9)13/h1-5H,6-8H2,(H2,14,15,16)(H2,17,18,19). The van der Waals surface area contributed by atoms with Crippen LogP contribution in [-0.2, 0) is 15.8 Å². The maximum Gasteiger partial charge on any atom is 0.339 e. The summed E-state index contributed by atoms with van der Waals surface area (Å²) in [7, 11) is -8.88. The molecule has 2 rings (SSSR count). The molecule has 0 aliphatic heterocycles. The van der Waals surface area contributed by atoms with Gasteiger partial charge >= 0.3 is 15.2 Å². The second-order valence-electron chi connectivity index (χ2n) is 4.63. The molecule has 0 aliphatic rings. The van der Waals surface area contributed by atoms with E-state index in [0.29, 0.717) is 11.0 Å². The number of nitrogens with zero attached hydrogens (tertiary/aromatic N) is 3. The Kier molecular flexibility index (Phi) is 4.65. The molecule has 0 saturated heterocycles. The van der Waals surface area contributed by atoms with Crippen molar-refractivity contribution < 1.29 is 28.7 Å². The van der Waals surface area contributed by atoms with Crippen LogP contribution in [0.5, 0.6) is 0 Å². The molecule has 116 valence electrons. The number of imidazole rings is 1. The number of rotatable bonds is 6. The summed E-state index contributed by atoms with van der Waals surface area (Å²) >= 11 is 0. The summed E-state index contributed by atoms with van der Waals surface area (Å²) in [5, 5.41) is 0. The second-order valence-corrected chi connectivity index (χ2v) is 7.85. The minimum Gasteiger partial charge on any atom is -0.324 e. The largest absolute Gasteiger partial charge is 0.339 e. The van der Waals surface area contributed by atoms with Crippen LogP contribution >= 0.6 is 15.2 Å². The molecule has 0 fully saturated rings. The summed E-state index contributed by atoms with van der Waals surface area (Å²) in [6.07, 6.45) is -0.0355. The Morgan fingerprint density at radius 2 is 1.62 bits per heavy atom. The molecule has 4 N–H and O–H groups in total. The smallest absolute Gasteiger partial charge is 0.324 e. The lowest BCUT2D eigenvalue weighted by molar-refractivity contribution is 0.241. The van der Waals surface area contributed by atoms with Crippen molar-refractivity contribution in [3.05, 3.63) is 30.6 Å². The van der Waals surface area contributed by atoms with Crippen LogP contribution in [0.3, 0.4) is 0 Å². The lowest BCUT2D eigenvalue weighted by atomic mass is 10.3. The van der Waals surface area contributed by atoms with Gasteiger partial charge in [-0.05, 0) is 12.1 Å². The molecule has 0 aliphatic carbocycles. The molecule has 2 aromatic rings. The quantitative estimate of drug-likeness (QED) is 0.562. The van der Waals surface area contributed by atoms with E-state index < -0.39 is 27.8 Å². The molecule has 0 spiro atoms. The third-order valence-corrected chi connectivity index (χ3v) is 4.19. The zero-order valence-electron chi connectivity index (χ0n) is 10.8. The number of hydrogen-bond acceptors (Lipinski definition) is 4. The SMILES string of the molecule is O=P(O)(O)CN(Cn1cnc2ccccc21)CP(=O)(O)O. The topological polar surface area (TPSA) is 136 Å². The molecule has 0 amide bonds. The predicted molar refractivity (Wildman–Crippen MR) is 75.4 cm³/mol. The highest BCUT2D eigenvalue weighted by atomic mass is 31.2. The summed E-state index contributed by atoms with van der Waals surface area (Å²) in [4.78, 5) is 41.2. The molecule has 9 nitrogen and oxygen atoms in total. The fraction of sp³-hybridized carbons (Fsp3) is 0.300. The van der Waals surface area contributed by atoms with Crippen molar-refractivity contribution in [3.8, 4) is 0 Å². The Hall–Kier alpha value is -1.05. The highest BCUT2D eigenvalue weighted by Crippen LogP contribution is 2.41. The van der Waals surface area contributed by atoms with Crippen LogP contribution in [0.1, 0.15) is 0 Å². The van der Waals surface area contributed by atoms with E-state index in [1.165, 1.54) is 6.33 Å². The van der Waals surface area contributed by atoms with Crippen LogP contribution in [0, 0.1) is 0 Å². The first-order valence-electron chi connectivity index (χ1n) is 5.85. The van der Waals surface area contributed by atoms with Crippen LogP contribution in [0.4, 0.5) is 0 Å². The molecular weight excluding hydrogens is 320 g/mol. The van der Waals surface area contributed by atoms with Gasteiger partial charge in [0.15, 0.2) is 0 Å². The van der Waals surface area contributed by atoms with Gasteiger partial charge in [0, 0.05) is 0 Å². The number of para-hydroxylation sites is 2. The Bertz CT molecular complexity index is 696. The van der Waals surface area contributed by atoms with Gasteiger partial charge in [0.2, 0.25) is 0 Å². The third-order valence-electron chi connectivity index (χ3n) is 2.65. The molecule has 0 radical (unpaired) electrons. The van der Waals surface area contributed by atoms with Crippen molar-refractivity contribution in [1.29, 1.82) is 0 Å².